The van der Waals surface area contributed by atoms with Crippen molar-refractivity contribution in [2.24, 2.45) is 0 Å². The molecule has 1 atom stereocenters. The Hall–Kier alpha value is -2.54. The summed E-state index contributed by atoms with van der Waals surface area (Å²) in [6.45, 7) is 0.0219. The topological polar surface area (TPSA) is 101 Å². The average molecular weight is 481 g/mol. The van der Waals surface area contributed by atoms with Crippen LogP contribution in [0.5, 0.6) is 0 Å². The molecule has 0 unspecified atom stereocenters. The Kier molecular flexibility index (Phi) is 6.35. The van der Waals surface area contributed by atoms with Crippen LogP contribution in [0.2, 0.25) is 0 Å². The maximum Gasteiger partial charge on any atom is 0.416 e. The van der Waals surface area contributed by atoms with Crippen LogP contribution < -0.4 is 5.32 Å². The Morgan fingerprint density at radius 2 is 1.88 bits per heavy atom. The van der Waals surface area contributed by atoms with Crippen LogP contribution >= 0.6 is 0 Å². The Balaban J connectivity index is 1.87. The van der Waals surface area contributed by atoms with Gasteiger partial charge in [0.25, 0.3) is 5.92 Å². The van der Waals surface area contributed by atoms with Crippen molar-refractivity contribution in [2.45, 2.75) is 55.8 Å². The van der Waals surface area contributed by atoms with Crippen LogP contribution in [-0.4, -0.2) is 35.2 Å². The molecule has 0 fully saturated rings. The molecule has 1 aromatic carbocycles. The van der Waals surface area contributed by atoms with Gasteiger partial charge in [0.15, 0.2) is 9.84 Å². The number of aliphatic carboxylic acids is 1. The quantitative estimate of drug-likeness (QED) is 0.587. The van der Waals surface area contributed by atoms with Crippen molar-refractivity contribution in [1.29, 1.82) is 0 Å². The highest BCUT2D eigenvalue weighted by molar-refractivity contribution is 7.91. The lowest BCUT2D eigenvalue weighted by Crippen LogP contribution is -2.30. The Morgan fingerprint density at radius 1 is 1.22 bits per heavy atom. The minimum atomic E-state index is -5.00. The van der Waals surface area contributed by atoms with Gasteiger partial charge in [-0.15, -0.1) is 0 Å². The monoisotopic (exact) mass is 481 g/mol. The van der Waals surface area contributed by atoms with Gasteiger partial charge in [-0.2, -0.15) is 18.3 Å². The lowest BCUT2D eigenvalue weighted by atomic mass is 9.93. The Morgan fingerprint density at radius 3 is 2.47 bits per heavy atom. The molecule has 0 radical (unpaired) electrons. The van der Waals surface area contributed by atoms with Crippen molar-refractivity contribution in [3.8, 4) is 0 Å². The molecule has 3 rings (SSSR count). The van der Waals surface area contributed by atoms with Crippen LogP contribution in [-0.2, 0) is 39.7 Å². The summed E-state index contributed by atoms with van der Waals surface area (Å²) in [6, 6.07) is 0.581. The zero-order valence-corrected chi connectivity index (χ0v) is 17.6. The largest absolute Gasteiger partial charge is 0.480 e. The van der Waals surface area contributed by atoms with Crippen molar-refractivity contribution < 1.29 is 40.3 Å². The van der Waals surface area contributed by atoms with E-state index >= 15 is 0 Å². The van der Waals surface area contributed by atoms with Gasteiger partial charge in [-0.1, -0.05) is 0 Å². The number of halogens is 5. The second-order valence-corrected chi connectivity index (χ2v) is 9.63. The zero-order valence-electron chi connectivity index (χ0n) is 16.8. The second kappa shape index (κ2) is 8.43. The van der Waals surface area contributed by atoms with E-state index in [1.54, 1.807) is 0 Å². The molecule has 1 heterocycles. The number of nitrogens with one attached hydrogen (secondary N) is 1. The van der Waals surface area contributed by atoms with Crippen LogP contribution in [0, 0.1) is 0 Å². The van der Waals surface area contributed by atoms with Gasteiger partial charge in [0.05, 0.1) is 16.7 Å². The number of rotatable bonds is 7. The number of nitrogens with zero attached hydrogens (tertiary/aromatic N) is 2. The summed E-state index contributed by atoms with van der Waals surface area (Å²) in [5.74, 6) is -5.56. The number of hydrogen-bond acceptors (Lipinski definition) is 5. The zero-order chi connectivity index (χ0) is 23.9. The first-order valence-electron chi connectivity index (χ1n) is 9.51. The molecule has 13 heteroatoms. The van der Waals surface area contributed by atoms with Crippen molar-refractivity contribution in [2.75, 3.05) is 5.88 Å². The maximum absolute atomic E-state index is 13.7. The molecule has 176 valence electrons. The van der Waals surface area contributed by atoms with Gasteiger partial charge in [0.1, 0.15) is 12.4 Å². The third-order valence-corrected chi connectivity index (χ3v) is 6.67. The molecule has 0 spiro atoms. The fourth-order valence-corrected chi connectivity index (χ4v) is 4.78. The molecular formula is C19H20F5N3O4S. The second-order valence-electron chi connectivity index (χ2n) is 7.64. The van der Waals surface area contributed by atoms with Gasteiger partial charge in [-0.3, -0.25) is 14.8 Å². The first kappa shape index (κ1) is 24.1. The molecule has 0 aliphatic heterocycles. The normalized spacial score (nSPS) is 17.2. The molecule has 1 aliphatic carbocycles. The third kappa shape index (κ3) is 5.26. The Labute approximate surface area is 180 Å². The number of carboxylic acid groups (broad SMARTS) is 1. The van der Waals surface area contributed by atoms with Gasteiger partial charge < -0.3 is 5.11 Å². The number of carboxylic acids is 1. The van der Waals surface area contributed by atoms with Crippen LogP contribution in [0.4, 0.5) is 22.0 Å². The highest BCUT2D eigenvalue weighted by Crippen LogP contribution is 2.37. The summed E-state index contributed by atoms with van der Waals surface area (Å²) in [7, 11) is -4.41. The number of benzene rings is 1. The standard InChI is InChI=1S/C19H20F5N3O4S/c1-18(20,21)11-5-12(19(22,23)24)7-13(6-11)32(30,31)10-25-15-3-2-4-16-14(15)8-26-27(16)9-17(28)29/h5-8,15,25H,2-4,9-10H2,1H3,(H,28,29)/t15-/m1/s1. The molecule has 2 aromatic rings. The molecule has 0 amide bonds. The van der Waals surface area contributed by atoms with Crippen molar-refractivity contribution in [3.05, 3.63) is 46.8 Å². The van der Waals surface area contributed by atoms with Crippen molar-refractivity contribution >= 4 is 15.8 Å². The van der Waals surface area contributed by atoms with Crippen LogP contribution in [0.3, 0.4) is 0 Å². The predicted octanol–water partition coefficient (Wildman–Crippen LogP) is 3.50. The number of sulfone groups is 1. The highest BCUT2D eigenvalue weighted by atomic mass is 32.2. The van der Waals surface area contributed by atoms with E-state index in [1.807, 2.05) is 0 Å². The molecule has 0 bridgehead atoms. The fourth-order valence-electron chi connectivity index (χ4n) is 3.58. The number of alkyl halides is 5. The number of fused-ring (bicyclic) bond motifs is 1. The number of hydrogen-bond donors (Lipinski definition) is 2. The molecule has 1 aromatic heterocycles. The van der Waals surface area contributed by atoms with Crippen LogP contribution in [0.1, 0.15) is 48.2 Å². The van der Waals surface area contributed by atoms with E-state index in [4.69, 9.17) is 5.11 Å². The maximum atomic E-state index is 13.7. The van der Waals surface area contributed by atoms with Gasteiger partial charge in [0, 0.05) is 29.8 Å². The lowest BCUT2D eigenvalue weighted by molar-refractivity contribution is -0.138. The SMILES string of the molecule is CC(F)(F)c1cc(C(F)(F)F)cc(S(=O)(=O)CN[C@@H]2CCCc3c2cnn3CC(=O)O)c1. The number of aromatic nitrogens is 2. The van der Waals surface area contributed by atoms with Gasteiger partial charge >= 0.3 is 12.1 Å². The van der Waals surface area contributed by atoms with Crippen molar-refractivity contribution in [3.63, 3.8) is 0 Å². The summed E-state index contributed by atoms with van der Waals surface area (Å²) in [4.78, 5) is 10.1. The highest BCUT2D eigenvalue weighted by Gasteiger charge is 2.36. The molecule has 0 saturated carbocycles. The predicted molar refractivity (Wildman–Crippen MR) is 102 cm³/mol. The average Bonchev–Trinajstić information content (AvgIpc) is 3.07. The minimum absolute atomic E-state index is 0.233. The molecule has 32 heavy (non-hydrogen) atoms. The van der Waals surface area contributed by atoms with E-state index in [2.05, 4.69) is 10.4 Å². The smallest absolute Gasteiger partial charge is 0.416 e. The van der Waals surface area contributed by atoms with Crippen LogP contribution in [0.15, 0.2) is 29.3 Å². The molecule has 7 nitrogen and oxygen atoms in total. The summed E-state index contributed by atoms with van der Waals surface area (Å²) in [6.07, 6.45) is -1.96. The summed E-state index contributed by atoms with van der Waals surface area (Å²) in [5.41, 5.74) is -1.32. The van der Waals surface area contributed by atoms with E-state index in [9.17, 15) is 35.2 Å². The van der Waals surface area contributed by atoms with Gasteiger partial charge in [-0.05, 0) is 37.5 Å². The van der Waals surface area contributed by atoms with E-state index < -0.39 is 55.8 Å². The first-order chi connectivity index (χ1) is 14.7. The summed E-state index contributed by atoms with van der Waals surface area (Å²) in [5, 5.41) is 15.7. The third-order valence-electron chi connectivity index (χ3n) is 5.17. The molecular weight excluding hydrogens is 461 g/mol. The first-order valence-corrected chi connectivity index (χ1v) is 11.2. The summed E-state index contributed by atoms with van der Waals surface area (Å²) >= 11 is 0. The minimum Gasteiger partial charge on any atom is -0.480 e. The van der Waals surface area contributed by atoms with Crippen molar-refractivity contribution in [1.82, 2.24) is 15.1 Å². The molecule has 0 saturated heterocycles. The number of carbonyl (C=O) groups is 1. The molecule has 1 aliphatic rings. The Bertz CT molecular complexity index is 1090. The van der Waals surface area contributed by atoms with E-state index in [0.29, 0.717) is 49.6 Å². The van der Waals surface area contributed by atoms with Gasteiger partial charge in [-0.25, -0.2) is 17.2 Å². The fraction of sp³-hybridized carbons (Fsp3) is 0.474. The van der Waals surface area contributed by atoms with E-state index in [1.165, 1.54) is 10.9 Å². The lowest BCUT2D eigenvalue weighted by Gasteiger charge is -2.24. The van der Waals surface area contributed by atoms with Crippen LogP contribution in [0.25, 0.3) is 0 Å². The van der Waals surface area contributed by atoms with E-state index in [0.717, 1.165) is 0 Å². The molecule has 2 N–H and O–H groups in total. The summed E-state index contributed by atoms with van der Waals surface area (Å²) < 4.78 is 93.6. The van der Waals surface area contributed by atoms with E-state index in [-0.39, 0.29) is 12.6 Å². The van der Waals surface area contributed by atoms with Gasteiger partial charge in [0.2, 0.25) is 0 Å².